The van der Waals surface area contributed by atoms with Crippen LogP contribution in [0.5, 0.6) is 0 Å². The molecular weight excluding hydrogens is 446 g/mol. The van der Waals surface area contributed by atoms with Gasteiger partial charge >= 0.3 is 0 Å². The lowest BCUT2D eigenvalue weighted by Gasteiger charge is -2.36. The van der Waals surface area contributed by atoms with E-state index in [1.165, 1.54) is 17.3 Å². The van der Waals surface area contributed by atoms with Gasteiger partial charge < -0.3 is 14.5 Å². The lowest BCUT2D eigenvalue weighted by molar-refractivity contribution is -0.133. The number of thioether (sulfide) groups is 1. The van der Waals surface area contributed by atoms with Crippen LogP contribution in [-0.2, 0) is 22.6 Å². The van der Waals surface area contributed by atoms with Crippen molar-refractivity contribution in [3.8, 4) is 0 Å². The van der Waals surface area contributed by atoms with Crippen molar-refractivity contribution >= 4 is 23.6 Å². The summed E-state index contributed by atoms with van der Waals surface area (Å²) >= 11 is 1.45. The molecule has 1 aromatic heterocycles. The minimum Gasteiger partial charge on any atom is -0.378 e. The van der Waals surface area contributed by atoms with Gasteiger partial charge in [0.05, 0.1) is 25.5 Å². The van der Waals surface area contributed by atoms with Crippen LogP contribution in [-0.4, -0.2) is 63.2 Å². The first-order valence-corrected chi connectivity index (χ1v) is 12.7. The van der Waals surface area contributed by atoms with Crippen LogP contribution in [0.4, 0.5) is 5.95 Å². The minimum atomic E-state index is -0.288. The van der Waals surface area contributed by atoms with Crippen LogP contribution in [0.25, 0.3) is 0 Å². The van der Waals surface area contributed by atoms with E-state index in [4.69, 9.17) is 4.74 Å². The van der Waals surface area contributed by atoms with E-state index in [2.05, 4.69) is 64.7 Å². The Balaban J connectivity index is 1.52. The predicted molar refractivity (Wildman–Crippen MR) is 136 cm³/mol. The highest BCUT2D eigenvalue weighted by Gasteiger charge is 2.28. The van der Waals surface area contributed by atoms with E-state index in [1.54, 1.807) is 0 Å². The van der Waals surface area contributed by atoms with E-state index in [-0.39, 0.29) is 11.4 Å². The first-order valence-electron chi connectivity index (χ1n) is 11.7. The molecule has 3 aromatic rings. The summed E-state index contributed by atoms with van der Waals surface area (Å²) in [6, 6.07) is 20.4. The quantitative estimate of drug-likeness (QED) is 0.454. The van der Waals surface area contributed by atoms with Crippen molar-refractivity contribution in [3.63, 3.8) is 0 Å². The predicted octanol–water partition coefficient (Wildman–Crippen LogP) is 4.08. The number of anilines is 1. The van der Waals surface area contributed by atoms with Crippen LogP contribution < -0.4 is 4.90 Å². The number of nitrogens with zero attached hydrogens (tertiary/aromatic N) is 5. The fourth-order valence-electron chi connectivity index (χ4n) is 3.96. The molecule has 8 heteroatoms. The Kier molecular flexibility index (Phi) is 7.90. The molecular formula is C26H33N5O2S. The summed E-state index contributed by atoms with van der Waals surface area (Å²) in [6.45, 7) is 10.4. The molecule has 1 amide bonds. The smallest absolute Gasteiger partial charge is 0.233 e. The number of amides is 1. The number of hydrogen-bond acceptors (Lipinski definition) is 6. The summed E-state index contributed by atoms with van der Waals surface area (Å²) in [4.78, 5) is 17.5. The third-order valence-corrected chi connectivity index (χ3v) is 6.75. The number of carbonyl (C=O) groups excluding carboxylic acids is 1. The first-order chi connectivity index (χ1) is 16.4. The highest BCUT2D eigenvalue weighted by molar-refractivity contribution is 7.99. The Bertz CT molecular complexity index is 1060. The number of rotatable bonds is 8. The van der Waals surface area contributed by atoms with Gasteiger partial charge in [0.2, 0.25) is 11.9 Å². The SMILES string of the molecule is CC(C)(C)N(Cc1ccccc1)C(=O)CSc1nnc(N2CCOCC2)n1Cc1ccccc1. The van der Waals surface area contributed by atoms with E-state index >= 15 is 0 Å². The van der Waals surface area contributed by atoms with E-state index in [0.29, 0.717) is 32.1 Å². The zero-order chi connectivity index (χ0) is 24.0. The van der Waals surface area contributed by atoms with Gasteiger partial charge in [-0.1, -0.05) is 72.4 Å². The number of ether oxygens (including phenoxy) is 1. The first kappa shape index (κ1) is 24.3. The molecule has 0 saturated carbocycles. The second-order valence-electron chi connectivity index (χ2n) is 9.38. The van der Waals surface area contributed by atoms with Gasteiger partial charge in [0.25, 0.3) is 0 Å². The number of benzene rings is 2. The average molecular weight is 480 g/mol. The molecule has 0 atom stereocenters. The third kappa shape index (κ3) is 6.18. The molecule has 1 saturated heterocycles. The van der Waals surface area contributed by atoms with E-state index in [0.717, 1.165) is 29.8 Å². The van der Waals surface area contributed by atoms with Gasteiger partial charge in [-0.25, -0.2) is 0 Å². The zero-order valence-electron chi connectivity index (χ0n) is 20.2. The number of aromatic nitrogens is 3. The van der Waals surface area contributed by atoms with Gasteiger partial charge in [-0.3, -0.25) is 9.36 Å². The maximum Gasteiger partial charge on any atom is 0.233 e. The molecule has 180 valence electrons. The Morgan fingerprint density at radius 3 is 2.21 bits per heavy atom. The van der Waals surface area contributed by atoms with Crippen molar-refractivity contribution in [2.75, 3.05) is 37.0 Å². The lowest BCUT2D eigenvalue weighted by atomic mass is 10.0. The van der Waals surface area contributed by atoms with Crippen molar-refractivity contribution < 1.29 is 9.53 Å². The van der Waals surface area contributed by atoms with Crippen LogP contribution in [0.2, 0.25) is 0 Å². The summed E-state index contributed by atoms with van der Waals surface area (Å²) in [5.41, 5.74) is 2.01. The number of hydrogen-bond donors (Lipinski definition) is 0. The molecule has 4 rings (SSSR count). The highest BCUT2D eigenvalue weighted by atomic mass is 32.2. The zero-order valence-corrected chi connectivity index (χ0v) is 21.0. The van der Waals surface area contributed by atoms with Gasteiger partial charge in [0, 0.05) is 25.2 Å². The van der Waals surface area contributed by atoms with E-state index in [9.17, 15) is 4.79 Å². The van der Waals surface area contributed by atoms with Gasteiger partial charge in [-0.15, -0.1) is 10.2 Å². The molecule has 0 N–H and O–H groups in total. The standard InChI is InChI=1S/C26H33N5O2S/c1-26(2,3)31(19-22-12-8-5-9-13-22)23(32)20-34-25-28-27-24(29-14-16-33-17-15-29)30(25)18-21-10-6-4-7-11-21/h4-13H,14-20H2,1-3H3. The molecule has 1 aliphatic heterocycles. The van der Waals surface area contributed by atoms with E-state index < -0.39 is 0 Å². The van der Waals surface area contributed by atoms with Crippen molar-refractivity contribution in [2.24, 2.45) is 0 Å². The van der Waals surface area contributed by atoms with Crippen LogP contribution in [0.1, 0.15) is 31.9 Å². The Labute approximate surface area is 206 Å². The van der Waals surface area contributed by atoms with Gasteiger partial charge in [0.15, 0.2) is 5.16 Å². The summed E-state index contributed by atoms with van der Waals surface area (Å²) in [5.74, 6) is 1.22. The molecule has 1 aliphatic rings. The van der Waals surface area contributed by atoms with Crippen LogP contribution in [0, 0.1) is 0 Å². The number of morpholine rings is 1. The Morgan fingerprint density at radius 2 is 1.59 bits per heavy atom. The molecule has 0 aliphatic carbocycles. The molecule has 7 nitrogen and oxygen atoms in total. The normalized spacial score (nSPS) is 14.3. The van der Waals surface area contributed by atoms with Crippen LogP contribution in [0.15, 0.2) is 65.8 Å². The molecule has 0 unspecified atom stereocenters. The third-order valence-electron chi connectivity index (χ3n) is 5.79. The van der Waals surface area contributed by atoms with Crippen molar-refractivity contribution in [3.05, 3.63) is 71.8 Å². The molecule has 2 aromatic carbocycles. The van der Waals surface area contributed by atoms with Crippen LogP contribution >= 0.6 is 11.8 Å². The summed E-state index contributed by atoms with van der Waals surface area (Å²) in [6.07, 6.45) is 0. The maximum absolute atomic E-state index is 13.4. The molecule has 0 spiro atoms. The largest absolute Gasteiger partial charge is 0.378 e. The fourth-order valence-corrected chi connectivity index (χ4v) is 4.77. The van der Waals surface area contributed by atoms with Crippen LogP contribution in [0.3, 0.4) is 0 Å². The van der Waals surface area contributed by atoms with Crippen molar-refractivity contribution in [1.82, 2.24) is 19.7 Å². The van der Waals surface area contributed by atoms with E-state index in [1.807, 2.05) is 41.3 Å². The summed E-state index contributed by atoms with van der Waals surface area (Å²) in [7, 11) is 0. The molecule has 1 fully saturated rings. The topological polar surface area (TPSA) is 63.5 Å². The highest BCUT2D eigenvalue weighted by Crippen LogP contribution is 2.26. The van der Waals surface area contributed by atoms with Crippen molar-refractivity contribution in [1.29, 1.82) is 0 Å². The molecule has 0 radical (unpaired) electrons. The van der Waals surface area contributed by atoms with Gasteiger partial charge in [-0.05, 0) is 31.9 Å². The molecule has 34 heavy (non-hydrogen) atoms. The molecule has 2 heterocycles. The lowest BCUT2D eigenvalue weighted by Crippen LogP contribution is -2.46. The monoisotopic (exact) mass is 479 g/mol. The molecule has 0 bridgehead atoms. The summed E-state index contributed by atoms with van der Waals surface area (Å²) < 4.78 is 7.64. The summed E-state index contributed by atoms with van der Waals surface area (Å²) in [5, 5.41) is 9.76. The van der Waals surface area contributed by atoms with Gasteiger partial charge in [-0.2, -0.15) is 0 Å². The Morgan fingerprint density at radius 1 is 0.971 bits per heavy atom. The minimum absolute atomic E-state index is 0.0866. The second kappa shape index (κ2) is 11.1. The van der Waals surface area contributed by atoms with Crippen molar-refractivity contribution in [2.45, 2.75) is 44.6 Å². The average Bonchev–Trinajstić information content (AvgIpc) is 3.24. The fraction of sp³-hybridized carbons (Fsp3) is 0.423. The Hall–Kier alpha value is -2.84. The van der Waals surface area contributed by atoms with Gasteiger partial charge in [0.1, 0.15) is 0 Å². The maximum atomic E-state index is 13.4. The number of carbonyl (C=O) groups is 1. The second-order valence-corrected chi connectivity index (χ2v) is 10.3.